The molecule has 0 bridgehead atoms. The molecule has 150 valence electrons. The number of para-hydroxylation sites is 1. The highest BCUT2D eigenvalue weighted by Crippen LogP contribution is 2.66. The fourth-order valence-electron chi connectivity index (χ4n) is 7.48. The van der Waals surface area contributed by atoms with E-state index in [0.717, 1.165) is 42.6 Å². The Bertz CT molecular complexity index is 1080. The van der Waals surface area contributed by atoms with Crippen LogP contribution in [-0.4, -0.2) is 20.8 Å². The van der Waals surface area contributed by atoms with Gasteiger partial charge in [-0.3, -0.25) is 4.79 Å². The number of fused-ring (bicyclic) bond motifs is 6. The van der Waals surface area contributed by atoms with E-state index in [1.807, 2.05) is 18.2 Å². The first kappa shape index (κ1) is 17.6. The van der Waals surface area contributed by atoms with E-state index in [1.165, 1.54) is 30.5 Å². The maximum atomic E-state index is 12.0. The van der Waals surface area contributed by atoms with Gasteiger partial charge in [-0.1, -0.05) is 42.8 Å². The average Bonchev–Trinajstić information content (AvgIpc) is 3.29. The van der Waals surface area contributed by atoms with Crippen LogP contribution in [0, 0.1) is 28.6 Å². The SMILES string of the molecule is C[C@]12CCC(=O)C=C1CC[C@@H]1[C@@H]2CC[C@]2(C)C(n3nnc4ccccc43)=CC[C@@H]12. The lowest BCUT2D eigenvalue weighted by molar-refractivity contribution is -0.117. The molecule has 4 nitrogen and oxygen atoms in total. The molecule has 2 aromatic rings. The molecule has 4 aliphatic rings. The zero-order valence-electron chi connectivity index (χ0n) is 17.4. The zero-order chi connectivity index (χ0) is 19.8. The molecule has 6 rings (SSSR count). The molecule has 5 atom stereocenters. The van der Waals surface area contributed by atoms with Crippen molar-refractivity contribution < 1.29 is 4.79 Å². The standard InChI is InChI=1S/C25H29N3O/c1-24-13-11-17(29)15-16(24)7-8-18-19-9-10-23(25(19,2)14-12-20(18)24)28-22-6-4-3-5-21(22)26-27-28/h3-6,10,15,18-20H,7-9,11-14H2,1-2H3/t18-,19-,20-,24-,25-/m0/s1. The Morgan fingerprint density at radius 1 is 1.03 bits per heavy atom. The van der Waals surface area contributed by atoms with Crippen LogP contribution in [0.1, 0.15) is 58.8 Å². The number of rotatable bonds is 1. The number of ketones is 1. The minimum absolute atomic E-state index is 0.166. The first-order valence-electron chi connectivity index (χ1n) is 11.3. The summed E-state index contributed by atoms with van der Waals surface area (Å²) in [6.07, 6.45) is 12.2. The van der Waals surface area contributed by atoms with Crippen LogP contribution >= 0.6 is 0 Å². The Balaban J connectivity index is 1.37. The third-order valence-electron chi connectivity index (χ3n) is 9.08. The van der Waals surface area contributed by atoms with Crippen LogP contribution in [0.2, 0.25) is 0 Å². The van der Waals surface area contributed by atoms with Gasteiger partial charge in [0.2, 0.25) is 0 Å². The Labute approximate surface area is 172 Å². The van der Waals surface area contributed by atoms with Gasteiger partial charge in [0.25, 0.3) is 0 Å². The van der Waals surface area contributed by atoms with E-state index in [9.17, 15) is 4.79 Å². The molecule has 1 heterocycles. The van der Waals surface area contributed by atoms with Crippen molar-refractivity contribution in [1.82, 2.24) is 15.0 Å². The summed E-state index contributed by atoms with van der Waals surface area (Å²) >= 11 is 0. The molecular weight excluding hydrogens is 358 g/mol. The summed E-state index contributed by atoms with van der Waals surface area (Å²) in [5.74, 6) is 2.48. The van der Waals surface area contributed by atoms with E-state index in [4.69, 9.17) is 0 Å². The fourth-order valence-corrected chi connectivity index (χ4v) is 7.48. The first-order chi connectivity index (χ1) is 14.0. The lowest BCUT2D eigenvalue weighted by Gasteiger charge is -2.57. The predicted molar refractivity (Wildman–Crippen MR) is 114 cm³/mol. The number of hydrogen-bond donors (Lipinski definition) is 0. The Hall–Kier alpha value is -2.23. The lowest BCUT2D eigenvalue weighted by Crippen LogP contribution is -2.50. The van der Waals surface area contributed by atoms with Gasteiger partial charge < -0.3 is 0 Å². The largest absolute Gasteiger partial charge is 0.295 e. The van der Waals surface area contributed by atoms with Crippen LogP contribution in [0.3, 0.4) is 0 Å². The van der Waals surface area contributed by atoms with E-state index in [1.54, 1.807) is 0 Å². The highest BCUT2D eigenvalue weighted by atomic mass is 16.1. The molecule has 4 heteroatoms. The maximum Gasteiger partial charge on any atom is 0.155 e. The van der Waals surface area contributed by atoms with Gasteiger partial charge in [-0.15, -0.1) is 5.10 Å². The van der Waals surface area contributed by atoms with Crippen molar-refractivity contribution in [3.05, 3.63) is 42.0 Å². The van der Waals surface area contributed by atoms with Gasteiger partial charge in [0, 0.05) is 17.5 Å². The second kappa shape index (κ2) is 5.90. The van der Waals surface area contributed by atoms with Crippen LogP contribution in [0.15, 0.2) is 42.0 Å². The van der Waals surface area contributed by atoms with E-state index in [2.05, 4.69) is 47.1 Å². The van der Waals surface area contributed by atoms with Gasteiger partial charge >= 0.3 is 0 Å². The number of benzene rings is 1. The molecule has 0 N–H and O–H groups in total. The lowest BCUT2D eigenvalue weighted by atomic mass is 9.47. The number of aromatic nitrogens is 3. The van der Waals surface area contributed by atoms with Crippen LogP contribution < -0.4 is 0 Å². The van der Waals surface area contributed by atoms with E-state index < -0.39 is 0 Å². The quantitative estimate of drug-likeness (QED) is 0.657. The van der Waals surface area contributed by atoms with Gasteiger partial charge in [0.05, 0.1) is 5.52 Å². The average molecular weight is 388 g/mol. The summed E-state index contributed by atoms with van der Waals surface area (Å²) in [6, 6.07) is 8.29. The van der Waals surface area contributed by atoms with E-state index in [0.29, 0.717) is 17.6 Å². The third kappa shape index (κ3) is 2.29. The summed E-state index contributed by atoms with van der Waals surface area (Å²) in [4.78, 5) is 12.0. The number of nitrogens with zero attached hydrogens (tertiary/aromatic N) is 3. The molecule has 0 unspecified atom stereocenters. The van der Waals surface area contributed by atoms with Crippen LogP contribution in [0.5, 0.6) is 0 Å². The van der Waals surface area contributed by atoms with Gasteiger partial charge in [-0.25, -0.2) is 4.68 Å². The molecule has 4 aliphatic carbocycles. The molecule has 0 aliphatic heterocycles. The molecule has 2 saturated carbocycles. The van der Waals surface area contributed by atoms with Crippen molar-refractivity contribution in [3.63, 3.8) is 0 Å². The molecule has 0 amide bonds. The molecule has 0 spiro atoms. The highest BCUT2D eigenvalue weighted by Gasteiger charge is 2.57. The molecular formula is C25H29N3O. The van der Waals surface area contributed by atoms with Gasteiger partial charge in [-0.05, 0) is 79.9 Å². The highest BCUT2D eigenvalue weighted by molar-refractivity contribution is 5.91. The number of carbonyl (C=O) groups excluding carboxylic acids is 1. The van der Waals surface area contributed by atoms with Crippen molar-refractivity contribution in [2.24, 2.45) is 28.6 Å². The monoisotopic (exact) mass is 387 g/mol. The Morgan fingerprint density at radius 2 is 1.90 bits per heavy atom. The van der Waals surface area contributed by atoms with Crippen molar-refractivity contribution in [1.29, 1.82) is 0 Å². The smallest absolute Gasteiger partial charge is 0.155 e. The zero-order valence-corrected chi connectivity index (χ0v) is 17.4. The van der Waals surface area contributed by atoms with E-state index >= 15 is 0 Å². The maximum absolute atomic E-state index is 12.0. The fraction of sp³-hybridized carbons (Fsp3) is 0.560. The van der Waals surface area contributed by atoms with Crippen LogP contribution in [0.25, 0.3) is 16.7 Å². The predicted octanol–water partition coefficient (Wildman–Crippen LogP) is 5.41. The molecule has 2 fully saturated rings. The van der Waals surface area contributed by atoms with Gasteiger partial charge in [-0.2, -0.15) is 0 Å². The number of hydrogen-bond acceptors (Lipinski definition) is 3. The second-order valence-electron chi connectivity index (χ2n) is 10.2. The third-order valence-corrected chi connectivity index (χ3v) is 9.08. The van der Waals surface area contributed by atoms with Gasteiger partial charge in [0.1, 0.15) is 5.52 Å². The molecule has 0 saturated heterocycles. The first-order valence-corrected chi connectivity index (χ1v) is 11.3. The Kier molecular flexibility index (Phi) is 3.58. The van der Waals surface area contributed by atoms with Crippen molar-refractivity contribution in [2.45, 2.75) is 58.8 Å². The Morgan fingerprint density at radius 3 is 2.79 bits per heavy atom. The summed E-state index contributed by atoms with van der Waals surface area (Å²) in [5, 5.41) is 8.98. The molecule has 29 heavy (non-hydrogen) atoms. The minimum Gasteiger partial charge on any atom is -0.295 e. The molecule has 0 radical (unpaired) electrons. The number of carbonyl (C=O) groups is 1. The minimum atomic E-state index is 0.166. The van der Waals surface area contributed by atoms with Crippen LogP contribution in [-0.2, 0) is 4.79 Å². The summed E-state index contributed by atoms with van der Waals surface area (Å²) in [6.45, 7) is 4.93. The van der Waals surface area contributed by atoms with Crippen molar-refractivity contribution >= 4 is 22.5 Å². The number of allylic oxidation sites excluding steroid dienone is 4. The molecule has 1 aromatic heterocycles. The second-order valence-corrected chi connectivity index (χ2v) is 10.2. The van der Waals surface area contributed by atoms with E-state index in [-0.39, 0.29) is 10.8 Å². The summed E-state index contributed by atoms with van der Waals surface area (Å²) in [5.41, 5.74) is 5.31. The van der Waals surface area contributed by atoms with Crippen molar-refractivity contribution in [3.8, 4) is 0 Å². The molecule has 1 aromatic carbocycles. The summed E-state index contributed by atoms with van der Waals surface area (Å²) < 4.78 is 2.12. The summed E-state index contributed by atoms with van der Waals surface area (Å²) in [7, 11) is 0. The normalized spacial score (nSPS) is 38.8. The van der Waals surface area contributed by atoms with Gasteiger partial charge in [0.15, 0.2) is 5.78 Å². The van der Waals surface area contributed by atoms with Crippen molar-refractivity contribution in [2.75, 3.05) is 0 Å². The van der Waals surface area contributed by atoms with Crippen LogP contribution in [0.4, 0.5) is 0 Å². The topological polar surface area (TPSA) is 47.8 Å².